The molecule has 1 heterocycles. The van der Waals surface area contributed by atoms with Crippen molar-refractivity contribution in [2.45, 2.75) is 6.42 Å². The SMILES string of the molecule is COc1cc(OC)cc(C(=O)Nc2ccc3c(c2)C(=O)NCC3)c1. The number of benzene rings is 2. The minimum absolute atomic E-state index is 0.115. The molecule has 0 saturated carbocycles. The quantitative estimate of drug-likeness (QED) is 0.903. The van der Waals surface area contributed by atoms with E-state index < -0.39 is 0 Å². The molecule has 0 atom stereocenters. The van der Waals surface area contributed by atoms with Crippen molar-refractivity contribution in [3.63, 3.8) is 0 Å². The Labute approximate surface area is 139 Å². The van der Waals surface area contributed by atoms with E-state index in [0.29, 0.717) is 34.9 Å². The van der Waals surface area contributed by atoms with Crippen LogP contribution in [0.4, 0.5) is 5.69 Å². The van der Waals surface area contributed by atoms with Crippen LogP contribution in [0, 0.1) is 0 Å². The van der Waals surface area contributed by atoms with Gasteiger partial charge in [0.25, 0.3) is 11.8 Å². The Bertz CT molecular complexity index is 779. The number of anilines is 1. The van der Waals surface area contributed by atoms with Crippen LogP contribution in [-0.2, 0) is 6.42 Å². The van der Waals surface area contributed by atoms with Gasteiger partial charge in [-0.05, 0) is 36.2 Å². The predicted molar refractivity (Wildman–Crippen MR) is 90.0 cm³/mol. The summed E-state index contributed by atoms with van der Waals surface area (Å²) in [5.74, 6) is 0.646. The second-order valence-electron chi connectivity index (χ2n) is 5.43. The van der Waals surface area contributed by atoms with Crippen LogP contribution in [0.3, 0.4) is 0 Å². The molecule has 6 heteroatoms. The van der Waals surface area contributed by atoms with Crippen LogP contribution in [0.5, 0.6) is 11.5 Å². The first-order chi connectivity index (χ1) is 11.6. The summed E-state index contributed by atoms with van der Waals surface area (Å²) in [6.45, 7) is 0.640. The molecule has 0 aromatic heterocycles. The minimum Gasteiger partial charge on any atom is -0.497 e. The molecule has 0 bridgehead atoms. The number of hydrogen-bond acceptors (Lipinski definition) is 4. The summed E-state index contributed by atoms with van der Waals surface area (Å²) in [5, 5.41) is 5.60. The van der Waals surface area contributed by atoms with Gasteiger partial charge in [0.1, 0.15) is 11.5 Å². The molecule has 2 N–H and O–H groups in total. The number of fused-ring (bicyclic) bond motifs is 1. The third-order valence-electron chi connectivity index (χ3n) is 3.91. The number of amides is 2. The molecule has 2 aromatic carbocycles. The molecule has 0 fully saturated rings. The van der Waals surface area contributed by atoms with E-state index in [1.54, 1.807) is 30.3 Å². The first-order valence-electron chi connectivity index (χ1n) is 7.56. The summed E-state index contributed by atoms with van der Waals surface area (Å²) in [6.07, 6.45) is 0.794. The summed E-state index contributed by atoms with van der Waals surface area (Å²) in [5.41, 5.74) is 2.56. The second kappa shape index (κ2) is 6.62. The molecule has 6 nitrogen and oxygen atoms in total. The Balaban J connectivity index is 1.85. The molecular formula is C18H18N2O4. The summed E-state index contributed by atoms with van der Waals surface area (Å²) in [4.78, 5) is 24.4. The Hall–Kier alpha value is -3.02. The van der Waals surface area contributed by atoms with Crippen LogP contribution in [-0.4, -0.2) is 32.6 Å². The van der Waals surface area contributed by atoms with Crippen LogP contribution in [0.25, 0.3) is 0 Å². The van der Waals surface area contributed by atoms with Gasteiger partial charge < -0.3 is 20.1 Å². The van der Waals surface area contributed by atoms with E-state index in [1.165, 1.54) is 14.2 Å². The number of carbonyl (C=O) groups is 2. The van der Waals surface area contributed by atoms with Crippen LogP contribution in [0.15, 0.2) is 36.4 Å². The lowest BCUT2D eigenvalue weighted by molar-refractivity contribution is 0.0944. The second-order valence-corrected chi connectivity index (χ2v) is 5.43. The monoisotopic (exact) mass is 326 g/mol. The topological polar surface area (TPSA) is 76.7 Å². The highest BCUT2D eigenvalue weighted by Crippen LogP contribution is 2.24. The zero-order valence-electron chi connectivity index (χ0n) is 13.5. The lowest BCUT2D eigenvalue weighted by Gasteiger charge is -2.17. The van der Waals surface area contributed by atoms with Gasteiger partial charge in [0.05, 0.1) is 14.2 Å². The summed E-state index contributed by atoms with van der Waals surface area (Å²) < 4.78 is 10.3. The van der Waals surface area contributed by atoms with Crippen molar-refractivity contribution in [2.24, 2.45) is 0 Å². The number of hydrogen-bond donors (Lipinski definition) is 2. The highest BCUT2D eigenvalue weighted by molar-refractivity contribution is 6.06. The maximum absolute atomic E-state index is 12.5. The summed E-state index contributed by atoms with van der Waals surface area (Å²) >= 11 is 0. The van der Waals surface area contributed by atoms with Crippen molar-refractivity contribution < 1.29 is 19.1 Å². The maximum atomic E-state index is 12.5. The minimum atomic E-state index is -0.302. The standard InChI is InChI=1S/C18H18N2O4/c1-23-14-7-12(8-15(10-14)24-2)17(21)20-13-4-3-11-5-6-19-18(22)16(11)9-13/h3-4,7-10H,5-6H2,1-2H3,(H,19,22)(H,20,21). The van der Waals surface area contributed by atoms with Crippen molar-refractivity contribution in [3.05, 3.63) is 53.1 Å². The molecule has 0 radical (unpaired) electrons. The molecular weight excluding hydrogens is 308 g/mol. The van der Waals surface area contributed by atoms with Crippen molar-refractivity contribution in [3.8, 4) is 11.5 Å². The fraction of sp³-hybridized carbons (Fsp3) is 0.222. The molecule has 0 aliphatic carbocycles. The number of ether oxygens (including phenoxy) is 2. The van der Waals surface area contributed by atoms with Gasteiger partial charge >= 0.3 is 0 Å². The molecule has 0 saturated heterocycles. The van der Waals surface area contributed by atoms with Gasteiger partial charge in [0, 0.05) is 29.4 Å². The predicted octanol–water partition coefficient (Wildman–Crippen LogP) is 2.24. The van der Waals surface area contributed by atoms with Gasteiger partial charge in [-0.25, -0.2) is 0 Å². The highest BCUT2D eigenvalue weighted by atomic mass is 16.5. The van der Waals surface area contributed by atoms with Crippen molar-refractivity contribution >= 4 is 17.5 Å². The molecule has 1 aliphatic heterocycles. The molecule has 24 heavy (non-hydrogen) atoms. The van der Waals surface area contributed by atoms with E-state index in [9.17, 15) is 9.59 Å². The molecule has 0 spiro atoms. The van der Waals surface area contributed by atoms with Gasteiger partial charge in [0.2, 0.25) is 0 Å². The van der Waals surface area contributed by atoms with Crippen LogP contribution >= 0.6 is 0 Å². The average Bonchev–Trinajstić information content (AvgIpc) is 2.61. The average molecular weight is 326 g/mol. The molecule has 124 valence electrons. The molecule has 2 aromatic rings. The van der Waals surface area contributed by atoms with Gasteiger partial charge in [-0.3, -0.25) is 9.59 Å². The van der Waals surface area contributed by atoms with Crippen molar-refractivity contribution in [1.82, 2.24) is 5.32 Å². The van der Waals surface area contributed by atoms with Crippen molar-refractivity contribution in [1.29, 1.82) is 0 Å². The third-order valence-corrected chi connectivity index (χ3v) is 3.91. The van der Waals surface area contributed by atoms with Gasteiger partial charge in [-0.2, -0.15) is 0 Å². The Kier molecular flexibility index (Phi) is 4.37. The first-order valence-corrected chi connectivity index (χ1v) is 7.56. The molecule has 1 aliphatic rings. The normalized spacial score (nSPS) is 12.8. The summed E-state index contributed by atoms with van der Waals surface area (Å²) in [7, 11) is 3.05. The van der Waals surface area contributed by atoms with E-state index in [1.807, 2.05) is 6.07 Å². The molecule has 2 amide bonds. The zero-order valence-corrected chi connectivity index (χ0v) is 13.5. The fourth-order valence-corrected chi connectivity index (χ4v) is 2.63. The van der Waals surface area contributed by atoms with Crippen LogP contribution in [0.2, 0.25) is 0 Å². The van der Waals surface area contributed by atoms with Crippen molar-refractivity contribution in [2.75, 3.05) is 26.1 Å². The lowest BCUT2D eigenvalue weighted by atomic mass is 10.00. The Morgan fingerprint density at radius 3 is 2.46 bits per heavy atom. The molecule has 3 rings (SSSR count). The zero-order chi connectivity index (χ0) is 17.1. The summed E-state index contributed by atoms with van der Waals surface area (Å²) in [6, 6.07) is 10.3. The Morgan fingerprint density at radius 2 is 1.79 bits per heavy atom. The van der Waals surface area contributed by atoms with Gasteiger partial charge in [0.15, 0.2) is 0 Å². The largest absolute Gasteiger partial charge is 0.497 e. The number of methoxy groups -OCH3 is 2. The van der Waals surface area contributed by atoms with E-state index in [2.05, 4.69) is 10.6 Å². The first kappa shape index (κ1) is 15.9. The maximum Gasteiger partial charge on any atom is 0.255 e. The van der Waals surface area contributed by atoms with Gasteiger partial charge in [-0.15, -0.1) is 0 Å². The Morgan fingerprint density at radius 1 is 1.08 bits per heavy atom. The van der Waals surface area contributed by atoms with Gasteiger partial charge in [-0.1, -0.05) is 6.07 Å². The van der Waals surface area contributed by atoms with Crippen LogP contribution < -0.4 is 20.1 Å². The van der Waals surface area contributed by atoms with E-state index in [0.717, 1.165) is 12.0 Å². The number of nitrogens with one attached hydrogen (secondary N) is 2. The number of rotatable bonds is 4. The number of carbonyl (C=O) groups excluding carboxylic acids is 2. The highest BCUT2D eigenvalue weighted by Gasteiger charge is 2.17. The third kappa shape index (κ3) is 3.17. The molecule has 0 unspecified atom stereocenters. The lowest BCUT2D eigenvalue weighted by Crippen LogP contribution is -2.31. The van der Waals surface area contributed by atoms with Crippen LogP contribution in [0.1, 0.15) is 26.3 Å². The van der Waals surface area contributed by atoms with E-state index >= 15 is 0 Å². The fourth-order valence-electron chi connectivity index (χ4n) is 2.63. The van der Waals surface area contributed by atoms with E-state index in [-0.39, 0.29) is 11.8 Å². The van der Waals surface area contributed by atoms with E-state index in [4.69, 9.17) is 9.47 Å². The smallest absolute Gasteiger partial charge is 0.255 e.